The van der Waals surface area contributed by atoms with Gasteiger partial charge in [0.15, 0.2) is 11.8 Å². The van der Waals surface area contributed by atoms with Gasteiger partial charge in [0.25, 0.3) is 0 Å². The third-order valence-electron chi connectivity index (χ3n) is 4.76. The summed E-state index contributed by atoms with van der Waals surface area (Å²) in [4.78, 5) is 9.19. The van der Waals surface area contributed by atoms with Crippen LogP contribution in [-0.4, -0.2) is 45.0 Å². The highest BCUT2D eigenvalue weighted by Crippen LogP contribution is 2.22. The molecule has 152 valence electrons. The first-order valence-electron chi connectivity index (χ1n) is 9.88. The highest BCUT2D eigenvalue weighted by molar-refractivity contribution is 6.31. The Morgan fingerprint density at radius 3 is 2.89 bits per heavy atom. The number of nitrogens with zero attached hydrogens (tertiary/aromatic N) is 4. The number of aromatic nitrogens is 3. The number of halogens is 1. The Kier molecular flexibility index (Phi) is 6.91. The summed E-state index contributed by atoms with van der Waals surface area (Å²) in [5.41, 5.74) is 0.690. The lowest BCUT2D eigenvalue weighted by Gasteiger charge is -2.25. The van der Waals surface area contributed by atoms with Crippen molar-refractivity contribution in [2.75, 3.05) is 13.1 Å². The molecule has 0 spiro atoms. The van der Waals surface area contributed by atoms with Crippen molar-refractivity contribution in [1.29, 1.82) is 0 Å². The SMILES string of the molecule is CCNC(=NCC(O)c1ccccc1Cl)NC1CCc2nc(C(C)C)nn2C1. The molecule has 0 saturated carbocycles. The van der Waals surface area contributed by atoms with Crippen LogP contribution in [0.5, 0.6) is 0 Å². The van der Waals surface area contributed by atoms with Crippen LogP contribution >= 0.6 is 11.6 Å². The third kappa shape index (κ3) is 5.02. The second kappa shape index (κ2) is 9.39. The molecule has 2 heterocycles. The lowest BCUT2D eigenvalue weighted by atomic mass is 10.1. The van der Waals surface area contributed by atoms with Crippen molar-refractivity contribution < 1.29 is 5.11 Å². The first kappa shape index (κ1) is 20.6. The van der Waals surface area contributed by atoms with E-state index in [1.165, 1.54) is 0 Å². The number of nitrogens with one attached hydrogen (secondary N) is 2. The second-order valence-corrected chi connectivity index (χ2v) is 7.77. The van der Waals surface area contributed by atoms with Crippen molar-refractivity contribution in [2.45, 2.75) is 58.2 Å². The molecule has 0 fully saturated rings. The fourth-order valence-electron chi connectivity index (χ4n) is 3.23. The first-order valence-corrected chi connectivity index (χ1v) is 10.3. The average molecular weight is 405 g/mol. The van der Waals surface area contributed by atoms with E-state index in [4.69, 9.17) is 11.6 Å². The molecule has 3 rings (SSSR count). The van der Waals surface area contributed by atoms with Crippen LogP contribution in [0.15, 0.2) is 29.3 Å². The Morgan fingerprint density at radius 1 is 1.39 bits per heavy atom. The van der Waals surface area contributed by atoms with E-state index < -0.39 is 6.10 Å². The minimum absolute atomic E-state index is 0.212. The molecule has 0 saturated heterocycles. The number of rotatable bonds is 6. The maximum absolute atomic E-state index is 10.4. The van der Waals surface area contributed by atoms with E-state index in [1.54, 1.807) is 6.07 Å². The minimum atomic E-state index is -0.744. The van der Waals surface area contributed by atoms with Gasteiger partial charge < -0.3 is 15.7 Å². The van der Waals surface area contributed by atoms with E-state index in [-0.39, 0.29) is 12.6 Å². The quantitative estimate of drug-likeness (QED) is 0.509. The van der Waals surface area contributed by atoms with Gasteiger partial charge in [-0.1, -0.05) is 43.6 Å². The van der Waals surface area contributed by atoms with Crippen LogP contribution < -0.4 is 10.6 Å². The summed E-state index contributed by atoms with van der Waals surface area (Å²) >= 11 is 6.17. The van der Waals surface area contributed by atoms with Crippen LogP contribution in [0.3, 0.4) is 0 Å². The van der Waals surface area contributed by atoms with Gasteiger partial charge in [-0.15, -0.1) is 0 Å². The summed E-state index contributed by atoms with van der Waals surface area (Å²) < 4.78 is 2.00. The van der Waals surface area contributed by atoms with Gasteiger partial charge in [0.05, 0.1) is 13.1 Å². The van der Waals surface area contributed by atoms with Gasteiger partial charge in [-0.05, 0) is 19.4 Å². The predicted octanol–water partition coefficient (Wildman–Crippen LogP) is 2.66. The fourth-order valence-corrected chi connectivity index (χ4v) is 3.49. The predicted molar refractivity (Wildman–Crippen MR) is 112 cm³/mol. The van der Waals surface area contributed by atoms with E-state index in [0.29, 0.717) is 22.5 Å². The molecular weight excluding hydrogens is 376 g/mol. The van der Waals surface area contributed by atoms with Crippen molar-refractivity contribution >= 4 is 17.6 Å². The Morgan fingerprint density at radius 2 is 2.18 bits per heavy atom. The van der Waals surface area contributed by atoms with Gasteiger partial charge in [-0.3, -0.25) is 4.99 Å². The summed E-state index contributed by atoms with van der Waals surface area (Å²) in [5, 5.41) is 22.3. The molecule has 0 amide bonds. The highest BCUT2D eigenvalue weighted by atomic mass is 35.5. The lowest BCUT2D eigenvalue weighted by Crippen LogP contribution is -2.47. The number of hydrogen-bond acceptors (Lipinski definition) is 4. The smallest absolute Gasteiger partial charge is 0.191 e. The standard InChI is InChI=1S/C20H29ClN6O/c1-4-22-20(23-11-17(28)15-7-5-6-8-16(15)21)24-14-9-10-18-25-19(13(2)3)26-27(18)12-14/h5-8,13-14,17,28H,4,9-12H2,1-3H3,(H2,22,23,24). The molecule has 2 atom stereocenters. The maximum Gasteiger partial charge on any atom is 0.191 e. The molecule has 2 unspecified atom stereocenters. The summed E-state index contributed by atoms with van der Waals surface area (Å²) in [6.07, 6.45) is 1.11. The Hall–Kier alpha value is -2.12. The molecule has 1 aromatic heterocycles. The van der Waals surface area contributed by atoms with Crippen LogP contribution in [0.4, 0.5) is 0 Å². The molecule has 8 heteroatoms. The monoisotopic (exact) mass is 404 g/mol. The Balaban J connectivity index is 1.64. The van der Waals surface area contributed by atoms with Crippen molar-refractivity contribution in [2.24, 2.45) is 4.99 Å². The van der Waals surface area contributed by atoms with Crippen LogP contribution in [0.2, 0.25) is 5.02 Å². The maximum atomic E-state index is 10.4. The van der Waals surface area contributed by atoms with Crippen molar-refractivity contribution in [3.63, 3.8) is 0 Å². The average Bonchev–Trinajstić information content (AvgIpc) is 3.10. The summed E-state index contributed by atoms with van der Waals surface area (Å²) in [6, 6.07) is 7.52. The number of benzene rings is 1. The molecule has 0 bridgehead atoms. The van der Waals surface area contributed by atoms with Gasteiger partial charge in [0.2, 0.25) is 0 Å². The molecule has 28 heavy (non-hydrogen) atoms. The normalized spacial score (nSPS) is 18.1. The first-order chi connectivity index (χ1) is 13.5. The van der Waals surface area contributed by atoms with E-state index in [1.807, 2.05) is 29.8 Å². The molecule has 1 aromatic carbocycles. The molecular formula is C20H29ClN6O. The minimum Gasteiger partial charge on any atom is -0.386 e. The molecule has 7 nitrogen and oxygen atoms in total. The number of aliphatic imine (C=N–C) groups is 1. The number of aliphatic hydroxyl groups is 1. The summed E-state index contributed by atoms with van der Waals surface area (Å²) in [5.74, 6) is 2.97. The van der Waals surface area contributed by atoms with Gasteiger partial charge >= 0.3 is 0 Å². The molecule has 0 aliphatic carbocycles. The van der Waals surface area contributed by atoms with Crippen molar-refractivity contribution in [1.82, 2.24) is 25.4 Å². The summed E-state index contributed by atoms with van der Waals surface area (Å²) in [7, 11) is 0. The zero-order valence-electron chi connectivity index (χ0n) is 16.7. The molecule has 1 aliphatic rings. The zero-order chi connectivity index (χ0) is 20.1. The zero-order valence-corrected chi connectivity index (χ0v) is 17.4. The lowest BCUT2D eigenvalue weighted by molar-refractivity contribution is 0.187. The van der Waals surface area contributed by atoms with Gasteiger partial charge in [0, 0.05) is 35.5 Å². The summed E-state index contributed by atoms with van der Waals surface area (Å²) in [6.45, 7) is 7.97. The highest BCUT2D eigenvalue weighted by Gasteiger charge is 2.23. The number of fused-ring (bicyclic) bond motifs is 1. The van der Waals surface area contributed by atoms with Crippen molar-refractivity contribution in [3.05, 3.63) is 46.5 Å². The number of aliphatic hydroxyl groups excluding tert-OH is 1. The van der Waals surface area contributed by atoms with Gasteiger partial charge in [-0.25, -0.2) is 9.67 Å². The van der Waals surface area contributed by atoms with Gasteiger partial charge in [-0.2, -0.15) is 5.10 Å². The molecule has 0 radical (unpaired) electrons. The van der Waals surface area contributed by atoms with Crippen LogP contribution in [-0.2, 0) is 13.0 Å². The van der Waals surface area contributed by atoms with E-state index in [0.717, 1.165) is 37.6 Å². The van der Waals surface area contributed by atoms with Crippen LogP contribution in [0, 0.1) is 0 Å². The second-order valence-electron chi connectivity index (χ2n) is 7.36. The van der Waals surface area contributed by atoms with Crippen LogP contribution in [0.25, 0.3) is 0 Å². The number of aryl methyl sites for hydroxylation is 1. The molecule has 2 aromatic rings. The Labute approximate surface area is 171 Å². The van der Waals surface area contributed by atoms with E-state index in [9.17, 15) is 5.11 Å². The Bertz CT molecular complexity index is 819. The number of guanidine groups is 1. The van der Waals surface area contributed by atoms with E-state index in [2.05, 4.69) is 39.6 Å². The number of hydrogen-bond donors (Lipinski definition) is 3. The van der Waals surface area contributed by atoms with E-state index >= 15 is 0 Å². The van der Waals surface area contributed by atoms with Crippen LogP contribution in [0.1, 0.15) is 56.4 Å². The third-order valence-corrected chi connectivity index (χ3v) is 5.11. The van der Waals surface area contributed by atoms with Crippen molar-refractivity contribution in [3.8, 4) is 0 Å². The largest absolute Gasteiger partial charge is 0.386 e. The van der Waals surface area contributed by atoms with Gasteiger partial charge in [0.1, 0.15) is 11.9 Å². The topological polar surface area (TPSA) is 87.4 Å². The fraction of sp³-hybridized carbons (Fsp3) is 0.550. The molecule has 3 N–H and O–H groups in total. The molecule has 1 aliphatic heterocycles.